The first-order valence-corrected chi connectivity index (χ1v) is 9.16. The van der Waals surface area contributed by atoms with Crippen LogP contribution in [0.1, 0.15) is 35.7 Å². The van der Waals surface area contributed by atoms with Crippen LogP contribution in [-0.4, -0.2) is 34.8 Å². The Morgan fingerprint density at radius 2 is 1.78 bits per heavy atom. The molecular weight excluding hydrogens is 342 g/mol. The standard InChI is InChI=1S/C21H21N3O3/c1-2-23-19(26)16-10-6-7-11-17(16)24-18(25)12-13-21(23,24)20(27)22-14-15-8-4-3-5-9-15/h3-11H,2,12-14H2,1H3,(H,22,27)/t21-/m1/s1. The molecule has 1 fully saturated rings. The quantitative estimate of drug-likeness (QED) is 0.906. The molecule has 6 nitrogen and oxygen atoms in total. The number of benzene rings is 2. The van der Waals surface area contributed by atoms with E-state index in [-0.39, 0.29) is 24.1 Å². The van der Waals surface area contributed by atoms with Crippen molar-refractivity contribution in [2.75, 3.05) is 11.4 Å². The van der Waals surface area contributed by atoms with Gasteiger partial charge in [0.25, 0.3) is 11.8 Å². The number of fused-ring (bicyclic) bond motifs is 3. The van der Waals surface area contributed by atoms with Crippen LogP contribution in [0.25, 0.3) is 0 Å². The minimum Gasteiger partial charge on any atom is -0.348 e. The number of amides is 3. The lowest BCUT2D eigenvalue weighted by atomic mass is 9.95. The molecule has 3 amide bonds. The number of anilines is 1. The smallest absolute Gasteiger partial charge is 0.267 e. The first-order valence-electron chi connectivity index (χ1n) is 9.16. The second kappa shape index (κ2) is 6.54. The van der Waals surface area contributed by atoms with Gasteiger partial charge >= 0.3 is 0 Å². The van der Waals surface area contributed by atoms with Gasteiger partial charge in [0, 0.05) is 25.9 Å². The monoisotopic (exact) mass is 363 g/mol. The third-order valence-electron chi connectivity index (χ3n) is 5.35. The van der Waals surface area contributed by atoms with Crippen molar-refractivity contribution in [3.8, 4) is 0 Å². The van der Waals surface area contributed by atoms with Crippen LogP contribution in [-0.2, 0) is 16.1 Å². The van der Waals surface area contributed by atoms with E-state index in [0.29, 0.717) is 30.8 Å². The molecule has 0 bridgehead atoms. The van der Waals surface area contributed by atoms with Crippen molar-refractivity contribution < 1.29 is 14.4 Å². The molecule has 0 radical (unpaired) electrons. The number of hydrogen-bond acceptors (Lipinski definition) is 3. The molecular formula is C21H21N3O3. The van der Waals surface area contributed by atoms with Crippen molar-refractivity contribution in [1.82, 2.24) is 10.2 Å². The lowest BCUT2D eigenvalue weighted by Crippen LogP contribution is -2.70. The van der Waals surface area contributed by atoms with Crippen LogP contribution in [0.15, 0.2) is 54.6 Å². The van der Waals surface area contributed by atoms with Crippen molar-refractivity contribution in [3.05, 3.63) is 65.7 Å². The Hall–Kier alpha value is -3.15. The first kappa shape index (κ1) is 17.3. The zero-order valence-corrected chi connectivity index (χ0v) is 15.1. The Kier molecular flexibility index (Phi) is 4.18. The highest BCUT2D eigenvalue weighted by molar-refractivity contribution is 6.16. The van der Waals surface area contributed by atoms with Gasteiger partial charge in [-0.2, -0.15) is 0 Å². The number of hydrogen-bond donors (Lipinski definition) is 1. The highest BCUT2D eigenvalue weighted by atomic mass is 16.2. The SMILES string of the molecule is CCN1C(=O)c2ccccc2N2C(=O)CC[C@@]12C(=O)NCc1ccccc1. The van der Waals surface area contributed by atoms with Gasteiger partial charge in [0.1, 0.15) is 0 Å². The van der Waals surface area contributed by atoms with E-state index in [0.717, 1.165) is 5.56 Å². The fourth-order valence-electron chi connectivity index (χ4n) is 4.13. The second-order valence-corrected chi connectivity index (χ2v) is 6.78. The zero-order valence-electron chi connectivity index (χ0n) is 15.1. The highest BCUT2D eigenvalue weighted by Crippen LogP contribution is 2.44. The molecule has 2 heterocycles. The van der Waals surface area contributed by atoms with E-state index in [9.17, 15) is 14.4 Å². The van der Waals surface area contributed by atoms with Crippen molar-refractivity contribution >= 4 is 23.4 Å². The van der Waals surface area contributed by atoms with Gasteiger partial charge in [-0.25, -0.2) is 0 Å². The first-order chi connectivity index (χ1) is 13.1. The van der Waals surface area contributed by atoms with Gasteiger partial charge < -0.3 is 10.2 Å². The van der Waals surface area contributed by atoms with Crippen LogP contribution >= 0.6 is 0 Å². The van der Waals surface area contributed by atoms with E-state index in [1.807, 2.05) is 37.3 Å². The molecule has 2 aliphatic heterocycles. The van der Waals surface area contributed by atoms with Crippen LogP contribution in [0.5, 0.6) is 0 Å². The molecule has 2 aliphatic rings. The summed E-state index contributed by atoms with van der Waals surface area (Å²) < 4.78 is 0. The minimum absolute atomic E-state index is 0.136. The highest BCUT2D eigenvalue weighted by Gasteiger charge is 2.60. The summed E-state index contributed by atoms with van der Waals surface area (Å²) in [6.45, 7) is 2.52. The Labute approximate surface area is 157 Å². The molecule has 0 spiro atoms. The largest absolute Gasteiger partial charge is 0.348 e. The number of rotatable bonds is 4. The fourth-order valence-corrected chi connectivity index (χ4v) is 4.13. The number of carbonyl (C=O) groups excluding carboxylic acids is 3. The molecule has 1 N–H and O–H groups in total. The number of carbonyl (C=O) groups is 3. The van der Waals surface area contributed by atoms with Crippen LogP contribution < -0.4 is 10.2 Å². The predicted molar refractivity (Wildman–Crippen MR) is 101 cm³/mol. The van der Waals surface area contributed by atoms with Gasteiger partial charge in [-0.15, -0.1) is 0 Å². The van der Waals surface area contributed by atoms with Gasteiger partial charge in [-0.05, 0) is 24.6 Å². The third kappa shape index (κ3) is 2.51. The molecule has 138 valence electrons. The summed E-state index contributed by atoms with van der Waals surface area (Å²) in [6, 6.07) is 16.6. The summed E-state index contributed by atoms with van der Waals surface area (Å²) in [5.41, 5.74) is 0.640. The van der Waals surface area contributed by atoms with Gasteiger partial charge in [0.2, 0.25) is 11.6 Å². The second-order valence-electron chi connectivity index (χ2n) is 6.78. The summed E-state index contributed by atoms with van der Waals surface area (Å²) in [5, 5.41) is 2.94. The molecule has 2 aromatic rings. The zero-order chi connectivity index (χ0) is 19.0. The molecule has 0 saturated carbocycles. The van der Waals surface area contributed by atoms with E-state index >= 15 is 0 Å². The lowest BCUT2D eigenvalue weighted by Gasteiger charge is -2.48. The van der Waals surface area contributed by atoms with Gasteiger partial charge in [-0.3, -0.25) is 19.3 Å². The lowest BCUT2D eigenvalue weighted by molar-refractivity contribution is -0.133. The maximum absolute atomic E-state index is 13.3. The van der Waals surface area contributed by atoms with Gasteiger partial charge in [-0.1, -0.05) is 42.5 Å². The molecule has 6 heteroatoms. The number of nitrogens with zero attached hydrogens (tertiary/aromatic N) is 2. The molecule has 1 saturated heterocycles. The van der Waals surface area contributed by atoms with E-state index in [1.165, 1.54) is 9.80 Å². The normalized spacial score (nSPS) is 21.1. The van der Waals surface area contributed by atoms with Crippen LogP contribution in [0.2, 0.25) is 0 Å². The summed E-state index contributed by atoms with van der Waals surface area (Å²) in [5.74, 6) is -0.668. The molecule has 0 unspecified atom stereocenters. The molecule has 2 aromatic carbocycles. The number of likely N-dealkylation sites (N-methyl/N-ethyl adjacent to an activating group) is 1. The van der Waals surface area contributed by atoms with Crippen molar-refractivity contribution in [3.63, 3.8) is 0 Å². The Morgan fingerprint density at radius 3 is 2.52 bits per heavy atom. The summed E-state index contributed by atoms with van der Waals surface area (Å²) in [6.07, 6.45) is 0.525. The van der Waals surface area contributed by atoms with Crippen LogP contribution in [0.3, 0.4) is 0 Å². The maximum atomic E-state index is 13.3. The summed E-state index contributed by atoms with van der Waals surface area (Å²) in [4.78, 5) is 42.2. The Bertz CT molecular complexity index is 912. The molecule has 27 heavy (non-hydrogen) atoms. The summed E-state index contributed by atoms with van der Waals surface area (Å²) >= 11 is 0. The minimum atomic E-state index is -1.30. The van der Waals surface area contributed by atoms with Crippen molar-refractivity contribution in [1.29, 1.82) is 0 Å². The van der Waals surface area contributed by atoms with Crippen molar-refractivity contribution in [2.24, 2.45) is 0 Å². The van der Waals surface area contributed by atoms with Gasteiger partial charge in [0.15, 0.2) is 0 Å². The van der Waals surface area contributed by atoms with Crippen molar-refractivity contribution in [2.45, 2.75) is 32.0 Å². The van der Waals surface area contributed by atoms with E-state index in [2.05, 4.69) is 5.32 Å². The molecule has 4 rings (SSSR count). The van der Waals surface area contributed by atoms with Crippen LogP contribution in [0, 0.1) is 0 Å². The maximum Gasteiger partial charge on any atom is 0.267 e. The van der Waals surface area contributed by atoms with Crippen LogP contribution in [0.4, 0.5) is 5.69 Å². The molecule has 0 aliphatic carbocycles. The number of para-hydroxylation sites is 1. The topological polar surface area (TPSA) is 69.7 Å². The average molecular weight is 363 g/mol. The van der Waals surface area contributed by atoms with E-state index in [4.69, 9.17) is 0 Å². The predicted octanol–water partition coefficient (Wildman–Crippen LogP) is 2.30. The molecule has 0 aromatic heterocycles. The average Bonchev–Trinajstić information content (AvgIpc) is 3.06. The summed E-state index contributed by atoms with van der Waals surface area (Å²) in [7, 11) is 0. The molecule has 1 atom stereocenters. The Morgan fingerprint density at radius 1 is 1.07 bits per heavy atom. The Balaban J connectivity index is 1.75. The van der Waals surface area contributed by atoms with E-state index in [1.54, 1.807) is 24.3 Å². The number of nitrogens with one attached hydrogen (secondary N) is 1. The van der Waals surface area contributed by atoms with E-state index < -0.39 is 5.66 Å². The third-order valence-corrected chi connectivity index (χ3v) is 5.35. The fraction of sp³-hybridized carbons (Fsp3) is 0.286. The van der Waals surface area contributed by atoms with Gasteiger partial charge in [0.05, 0.1) is 11.3 Å².